The van der Waals surface area contributed by atoms with Gasteiger partial charge in [-0.1, -0.05) is 19.1 Å². The number of rotatable bonds is 5. The number of carbonyl (C=O) groups is 1. The number of ether oxygens (including phenoxy) is 1. The average Bonchev–Trinajstić information content (AvgIpc) is 2.53. The molecule has 0 saturated heterocycles. The Balaban J connectivity index is 1.95. The van der Waals surface area contributed by atoms with Crippen LogP contribution in [0.25, 0.3) is 0 Å². The number of amides is 1. The number of anilines is 1. The molecule has 0 aliphatic rings. The normalized spacial score (nSPS) is 11.1. The molecule has 0 aromatic heterocycles. The molecular weight excluding hydrogens is 307 g/mol. The van der Waals surface area contributed by atoms with Crippen molar-refractivity contribution in [1.29, 1.82) is 0 Å². The van der Waals surface area contributed by atoms with Crippen molar-refractivity contribution < 1.29 is 22.7 Å². The Bertz CT molecular complexity index is 649. The largest absolute Gasteiger partial charge is 0.484 e. The molecule has 122 valence electrons. The zero-order valence-electron chi connectivity index (χ0n) is 12.5. The SMILES string of the molecule is CCc1ccc(C(=O)Nc2ccc(OCC(F)(F)F)cc2)cc1. The van der Waals surface area contributed by atoms with E-state index in [4.69, 9.17) is 0 Å². The van der Waals surface area contributed by atoms with Crippen molar-refractivity contribution in [3.05, 3.63) is 59.7 Å². The summed E-state index contributed by atoms with van der Waals surface area (Å²) in [4.78, 5) is 12.1. The van der Waals surface area contributed by atoms with Crippen molar-refractivity contribution in [2.24, 2.45) is 0 Å². The number of hydrogen-bond donors (Lipinski definition) is 1. The number of halogens is 3. The van der Waals surface area contributed by atoms with Gasteiger partial charge in [-0.3, -0.25) is 4.79 Å². The molecule has 1 amide bonds. The van der Waals surface area contributed by atoms with Crippen molar-refractivity contribution in [3.8, 4) is 5.75 Å². The molecule has 0 spiro atoms. The molecule has 1 N–H and O–H groups in total. The maximum atomic E-state index is 12.1. The first-order chi connectivity index (χ1) is 10.9. The number of benzene rings is 2. The minimum absolute atomic E-state index is 0.0904. The van der Waals surface area contributed by atoms with E-state index in [9.17, 15) is 18.0 Å². The zero-order valence-corrected chi connectivity index (χ0v) is 12.5. The highest BCUT2D eigenvalue weighted by Gasteiger charge is 2.28. The highest BCUT2D eigenvalue weighted by molar-refractivity contribution is 6.04. The summed E-state index contributed by atoms with van der Waals surface area (Å²) >= 11 is 0. The predicted octanol–water partition coefficient (Wildman–Crippen LogP) is 4.44. The van der Waals surface area contributed by atoms with Gasteiger partial charge in [0, 0.05) is 11.3 Å². The summed E-state index contributed by atoms with van der Waals surface area (Å²) < 4.78 is 40.8. The van der Waals surface area contributed by atoms with E-state index < -0.39 is 12.8 Å². The van der Waals surface area contributed by atoms with Gasteiger partial charge in [-0.05, 0) is 48.4 Å². The molecule has 0 bridgehead atoms. The summed E-state index contributed by atoms with van der Waals surface area (Å²) in [6, 6.07) is 13.0. The zero-order chi connectivity index (χ0) is 16.9. The maximum Gasteiger partial charge on any atom is 0.422 e. The summed E-state index contributed by atoms with van der Waals surface area (Å²) in [6.45, 7) is 0.681. The van der Waals surface area contributed by atoms with Gasteiger partial charge in [0.25, 0.3) is 5.91 Å². The lowest BCUT2D eigenvalue weighted by molar-refractivity contribution is -0.153. The number of alkyl halides is 3. The molecule has 6 heteroatoms. The van der Waals surface area contributed by atoms with Crippen LogP contribution < -0.4 is 10.1 Å². The second-order valence-corrected chi connectivity index (χ2v) is 4.93. The summed E-state index contributed by atoms with van der Waals surface area (Å²) in [5.74, 6) is -0.191. The smallest absolute Gasteiger partial charge is 0.422 e. The van der Waals surface area contributed by atoms with Crippen LogP contribution in [0.3, 0.4) is 0 Å². The van der Waals surface area contributed by atoms with Gasteiger partial charge in [0.05, 0.1) is 0 Å². The molecular formula is C17H16F3NO2. The van der Waals surface area contributed by atoms with Crippen LogP contribution >= 0.6 is 0 Å². The molecule has 0 fully saturated rings. The molecule has 2 aromatic rings. The van der Waals surface area contributed by atoms with Crippen molar-refractivity contribution in [3.63, 3.8) is 0 Å². The minimum atomic E-state index is -4.38. The first-order valence-electron chi connectivity index (χ1n) is 7.07. The van der Waals surface area contributed by atoms with Crippen LogP contribution in [-0.4, -0.2) is 18.7 Å². The number of nitrogens with one attached hydrogen (secondary N) is 1. The quantitative estimate of drug-likeness (QED) is 0.883. The van der Waals surface area contributed by atoms with E-state index in [1.165, 1.54) is 24.3 Å². The molecule has 2 aromatic carbocycles. The fourth-order valence-corrected chi connectivity index (χ4v) is 1.89. The monoisotopic (exact) mass is 323 g/mol. The topological polar surface area (TPSA) is 38.3 Å². The van der Waals surface area contributed by atoms with E-state index in [2.05, 4.69) is 10.1 Å². The molecule has 0 heterocycles. The average molecular weight is 323 g/mol. The van der Waals surface area contributed by atoms with Crippen LogP contribution in [-0.2, 0) is 6.42 Å². The van der Waals surface area contributed by atoms with Gasteiger partial charge in [0.15, 0.2) is 6.61 Å². The fraction of sp³-hybridized carbons (Fsp3) is 0.235. The molecule has 0 unspecified atom stereocenters. The van der Waals surface area contributed by atoms with E-state index in [1.54, 1.807) is 12.1 Å². The van der Waals surface area contributed by atoms with Crippen molar-refractivity contribution in [2.45, 2.75) is 19.5 Å². The summed E-state index contributed by atoms with van der Waals surface area (Å²) in [7, 11) is 0. The van der Waals surface area contributed by atoms with Crippen LogP contribution in [0.5, 0.6) is 5.75 Å². The molecule has 0 saturated carbocycles. The van der Waals surface area contributed by atoms with E-state index in [0.717, 1.165) is 12.0 Å². The Kier molecular flexibility index (Phi) is 5.26. The van der Waals surface area contributed by atoms with Gasteiger partial charge in [-0.15, -0.1) is 0 Å². The second-order valence-electron chi connectivity index (χ2n) is 4.93. The van der Waals surface area contributed by atoms with Crippen molar-refractivity contribution in [1.82, 2.24) is 0 Å². The highest BCUT2D eigenvalue weighted by atomic mass is 19.4. The molecule has 0 aliphatic heterocycles. The van der Waals surface area contributed by atoms with E-state index in [0.29, 0.717) is 11.3 Å². The first kappa shape index (κ1) is 16.9. The van der Waals surface area contributed by atoms with E-state index in [1.807, 2.05) is 19.1 Å². The fourth-order valence-electron chi connectivity index (χ4n) is 1.89. The number of aryl methyl sites for hydroxylation is 1. The summed E-state index contributed by atoms with van der Waals surface area (Å²) in [5.41, 5.74) is 2.13. The van der Waals surface area contributed by atoms with Gasteiger partial charge in [-0.2, -0.15) is 13.2 Å². The van der Waals surface area contributed by atoms with Gasteiger partial charge in [0.1, 0.15) is 5.75 Å². The molecule has 3 nitrogen and oxygen atoms in total. The van der Waals surface area contributed by atoms with Gasteiger partial charge < -0.3 is 10.1 Å². The standard InChI is InChI=1S/C17H16F3NO2/c1-2-12-3-5-13(6-4-12)16(22)21-14-7-9-15(10-8-14)23-11-17(18,19)20/h3-10H,2,11H2,1H3,(H,21,22). The lowest BCUT2D eigenvalue weighted by Crippen LogP contribution is -2.19. The maximum absolute atomic E-state index is 12.1. The lowest BCUT2D eigenvalue weighted by Gasteiger charge is -2.10. The third kappa shape index (κ3) is 5.32. The molecule has 2 rings (SSSR count). The van der Waals surface area contributed by atoms with Crippen LogP contribution in [0, 0.1) is 0 Å². The second kappa shape index (κ2) is 7.17. The van der Waals surface area contributed by atoms with Gasteiger partial charge >= 0.3 is 6.18 Å². The van der Waals surface area contributed by atoms with Crippen LogP contribution in [0.2, 0.25) is 0 Å². The van der Waals surface area contributed by atoms with Crippen LogP contribution in [0.4, 0.5) is 18.9 Å². The van der Waals surface area contributed by atoms with Crippen LogP contribution in [0.1, 0.15) is 22.8 Å². The number of hydrogen-bond acceptors (Lipinski definition) is 2. The van der Waals surface area contributed by atoms with E-state index >= 15 is 0 Å². The van der Waals surface area contributed by atoms with Gasteiger partial charge in [-0.25, -0.2) is 0 Å². The van der Waals surface area contributed by atoms with Crippen molar-refractivity contribution >= 4 is 11.6 Å². The third-order valence-electron chi connectivity index (χ3n) is 3.14. The first-order valence-corrected chi connectivity index (χ1v) is 7.07. The van der Waals surface area contributed by atoms with E-state index in [-0.39, 0.29) is 11.7 Å². The predicted molar refractivity (Wildman–Crippen MR) is 81.8 cm³/mol. The lowest BCUT2D eigenvalue weighted by atomic mass is 10.1. The summed E-state index contributed by atoms with van der Waals surface area (Å²) in [6.07, 6.45) is -3.49. The Hall–Kier alpha value is -2.50. The summed E-state index contributed by atoms with van der Waals surface area (Å²) in [5, 5.41) is 2.68. The molecule has 23 heavy (non-hydrogen) atoms. The Labute approximate surface area is 132 Å². The Morgan fingerprint density at radius 1 is 1.04 bits per heavy atom. The minimum Gasteiger partial charge on any atom is -0.484 e. The highest BCUT2D eigenvalue weighted by Crippen LogP contribution is 2.20. The Morgan fingerprint density at radius 3 is 2.17 bits per heavy atom. The van der Waals surface area contributed by atoms with Gasteiger partial charge in [0.2, 0.25) is 0 Å². The molecule has 0 radical (unpaired) electrons. The number of carbonyl (C=O) groups excluding carboxylic acids is 1. The molecule has 0 atom stereocenters. The van der Waals surface area contributed by atoms with Crippen LogP contribution in [0.15, 0.2) is 48.5 Å². The third-order valence-corrected chi connectivity index (χ3v) is 3.14. The van der Waals surface area contributed by atoms with Crippen molar-refractivity contribution in [2.75, 3.05) is 11.9 Å². The Morgan fingerprint density at radius 2 is 1.65 bits per heavy atom. The molecule has 0 aliphatic carbocycles.